The molecule has 0 saturated carbocycles. The Bertz CT molecular complexity index is 626. The van der Waals surface area contributed by atoms with Gasteiger partial charge in [0.25, 0.3) is 0 Å². The average Bonchev–Trinajstić information content (AvgIpc) is 2.39. The van der Waals surface area contributed by atoms with Crippen LogP contribution in [0.1, 0.15) is 23.0 Å². The maximum Gasteiger partial charge on any atom is 0.337 e. The van der Waals surface area contributed by atoms with Gasteiger partial charge in [0, 0.05) is 11.8 Å². The molecule has 104 valence electrons. The molecule has 1 aromatic heterocycles. The van der Waals surface area contributed by atoms with Gasteiger partial charge in [-0.25, -0.2) is 9.78 Å². The molecular formula is C15H16N2O3. The summed E-state index contributed by atoms with van der Waals surface area (Å²) in [6.07, 6.45) is 0. The van der Waals surface area contributed by atoms with E-state index >= 15 is 0 Å². The Hall–Kier alpha value is -2.56. The lowest BCUT2D eigenvalue weighted by atomic mass is 10.2. The lowest BCUT2D eigenvalue weighted by molar-refractivity contribution is 0.0695. The van der Waals surface area contributed by atoms with Crippen LogP contribution in [0.3, 0.4) is 0 Å². The van der Waals surface area contributed by atoms with Gasteiger partial charge < -0.3 is 15.2 Å². The fourth-order valence-corrected chi connectivity index (χ4v) is 1.83. The Labute approximate surface area is 117 Å². The number of nitrogens with one attached hydrogen (secondary N) is 1. The molecule has 0 unspecified atom stereocenters. The molecule has 0 atom stereocenters. The Morgan fingerprint density at radius 1 is 1.35 bits per heavy atom. The largest absolute Gasteiger partial charge is 0.494 e. The maximum atomic E-state index is 10.9. The van der Waals surface area contributed by atoms with Crippen molar-refractivity contribution in [3.63, 3.8) is 0 Å². The first-order chi connectivity index (χ1) is 9.60. The van der Waals surface area contributed by atoms with Crippen molar-refractivity contribution >= 4 is 17.5 Å². The van der Waals surface area contributed by atoms with Crippen LogP contribution in [-0.2, 0) is 0 Å². The van der Waals surface area contributed by atoms with Gasteiger partial charge in [-0.2, -0.15) is 0 Å². The Morgan fingerprint density at radius 3 is 2.80 bits per heavy atom. The Balaban J connectivity index is 2.19. The Morgan fingerprint density at radius 2 is 2.15 bits per heavy atom. The second kappa shape index (κ2) is 6.06. The number of benzene rings is 1. The number of pyridine rings is 1. The molecule has 20 heavy (non-hydrogen) atoms. The number of aromatic nitrogens is 1. The number of carboxylic acids is 1. The first kappa shape index (κ1) is 13.9. The third-order valence-corrected chi connectivity index (χ3v) is 2.73. The smallest absolute Gasteiger partial charge is 0.337 e. The predicted molar refractivity (Wildman–Crippen MR) is 76.8 cm³/mol. The van der Waals surface area contributed by atoms with Crippen LogP contribution in [0.4, 0.5) is 11.5 Å². The van der Waals surface area contributed by atoms with Crippen molar-refractivity contribution in [1.82, 2.24) is 4.98 Å². The summed E-state index contributed by atoms with van der Waals surface area (Å²) in [4.78, 5) is 15.2. The molecule has 0 spiro atoms. The minimum Gasteiger partial charge on any atom is -0.494 e. The first-order valence-corrected chi connectivity index (χ1v) is 6.31. The predicted octanol–water partition coefficient (Wildman–Crippen LogP) is 3.23. The molecule has 0 saturated heterocycles. The van der Waals surface area contributed by atoms with Gasteiger partial charge in [-0.15, -0.1) is 0 Å². The molecule has 0 bridgehead atoms. The van der Waals surface area contributed by atoms with Crippen LogP contribution in [0.25, 0.3) is 0 Å². The van der Waals surface area contributed by atoms with Gasteiger partial charge >= 0.3 is 5.97 Å². The van der Waals surface area contributed by atoms with Gasteiger partial charge in [-0.05, 0) is 38.1 Å². The van der Waals surface area contributed by atoms with Crippen molar-refractivity contribution in [3.8, 4) is 5.75 Å². The van der Waals surface area contributed by atoms with Crippen molar-refractivity contribution < 1.29 is 14.6 Å². The van der Waals surface area contributed by atoms with Gasteiger partial charge in [0.2, 0.25) is 0 Å². The number of anilines is 2. The quantitative estimate of drug-likeness (QED) is 0.874. The van der Waals surface area contributed by atoms with Crippen molar-refractivity contribution in [3.05, 3.63) is 47.7 Å². The zero-order valence-corrected chi connectivity index (χ0v) is 11.4. The third kappa shape index (κ3) is 3.26. The van der Waals surface area contributed by atoms with Crippen LogP contribution in [0.5, 0.6) is 5.75 Å². The number of carboxylic acid groups (broad SMARTS) is 1. The van der Waals surface area contributed by atoms with E-state index in [2.05, 4.69) is 10.3 Å². The van der Waals surface area contributed by atoms with Crippen LogP contribution in [0, 0.1) is 6.92 Å². The molecule has 5 nitrogen and oxygen atoms in total. The van der Waals surface area contributed by atoms with Crippen molar-refractivity contribution in [2.75, 3.05) is 11.9 Å². The third-order valence-electron chi connectivity index (χ3n) is 2.73. The summed E-state index contributed by atoms with van der Waals surface area (Å²) in [5, 5.41) is 12.1. The highest BCUT2D eigenvalue weighted by atomic mass is 16.5. The summed E-state index contributed by atoms with van der Waals surface area (Å²) in [5.74, 6) is 0.400. The molecule has 2 N–H and O–H groups in total. The average molecular weight is 272 g/mol. The monoisotopic (exact) mass is 272 g/mol. The molecule has 0 fully saturated rings. The van der Waals surface area contributed by atoms with Crippen LogP contribution < -0.4 is 10.1 Å². The summed E-state index contributed by atoms with van der Waals surface area (Å²) < 4.78 is 5.42. The van der Waals surface area contributed by atoms with E-state index < -0.39 is 5.97 Å². The van der Waals surface area contributed by atoms with Gasteiger partial charge in [0.05, 0.1) is 17.9 Å². The zero-order chi connectivity index (χ0) is 14.5. The summed E-state index contributed by atoms with van der Waals surface area (Å²) in [6.45, 7) is 4.20. The topological polar surface area (TPSA) is 71.5 Å². The molecule has 0 radical (unpaired) electrons. The van der Waals surface area contributed by atoms with Crippen molar-refractivity contribution in [2.45, 2.75) is 13.8 Å². The molecule has 2 aromatic rings. The summed E-state index contributed by atoms with van der Waals surface area (Å²) >= 11 is 0. The maximum absolute atomic E-state index is 10.9. The van der Waals surface area contributed by atoms with E-state index in [0.717, 1.165) is 11.4 Å². The molecule has 0 amide bonds. The number of aromatic carboxylic acids is 1. The minimum atomic E-state index is -0.972. The Kier molecular flexibility index (Phi) is 4.20. The number of hydrogen-bond acceptors (Lipinski definition) is 4. The summed E-state index contributed by atoms with van der Waals surface area (Å²) in [7, 11) is 0. The standard InChI is InChI=1S/C15H16N2O3/c1-3-20-12-6-4-5-11(9-12)17-14-8-7-13(15(18)19)10(2)16-14/h4-9H,3H2,1-2H3,(H,16,17)(H,18,19). The van der Waals surface area contributed by atoms with Gasteiger partial charge in [0.1, 0.15) is 11.6 Å². The van der Waals surface area contributed by atoms with E-state index in [1.807, 2.05) is 31.2 Å². The second-order valence-corrected chi connectivity index (χ2v) is 4.22. The van der Waals surface area contributed by atoms with Crippen molar-refractivity contribution in [1.29, 1.82) is 0 Å². The number of rotatable bonds is 5. The molecule has 0 aliphatic carbocycles. The van der Waals surface area contributed by atoms with E-state index in [1.165, 1.54) is 0 Å². The molecule has 1 aromatic carbocycles. The summed E-state index contributed by atoms with van der Waals surface area (Å²) in [5.41, 5.74) is 1.52. The van der Waals surface area contributed by atoms with E-state index in [4.69, 9.17) is 9.84 Å². The fraction of sp³-hybridized carbons (Fsp3) is 0.200. The highest BCUT2D eigenvalue weighted by Crippen LogP contribution is 2.21. The molecule has 0 aliphatic rings. The van der Waals surface area contributed by atoms with E-state index in [0.29, 0.717) is 18.1 Å². The van der Waals surface area contributed by atoms with Gasteiger partial charge in [-0.3, -0.25) is 0 Å². The van der Waals surface area contributed by atoms with E-state index in [-0.39, 0.29) is 5.56 Å². The van der Waals surface area contributed by atoms with Crippen LogP contribution >= 0.6 is 0 Å². The highest BCUT2D eigenvalue weighted by molar-refractivity contribution is 5.89. The molecular weight excluding hydrogens is 256 g/mol. The molecule has 1 heterocycles. The van der Waals surface area contributed by atoms with Gasteiger partial charge in [0.15, 0.2) is 0 Å². The lowest BCUT2D eigenvalue weighted by Gasteiger charge is -2.09. The first-order valence-electron chi connectivity index (χ1n) is 6.31. The number of aryl methyl sites for hydroxylation is 1. The summed E-state index contributed by atoms with van der Waals surface area (Å²) in [6, 6.07) is 10.7. The number of ether oxygens (including phenoxy) is 1. The second-order valence-electron chi connectivity index (χ2n) is 4.22. The number of carbonyl (C=O) groups is 1. The zero-order valence-electron chi connectivity index (χ0n) is 11.4. The van der Waals surface area contributed by atoms with Crippen LogP contribution in [0.15, 0.2) is 36.4 Å². The van der Waals surface area contributed by atoms with Crippen molar-refractivity contribution in [2.24, 2.45) is 0 Å². The number of hydrogen-bond donors (Lipinski definition) is 2. The van der Waals surface area contributed by atoms with Crippen LogP contribution in [-0.4, -0.2) is 22.7 Å². The number of nitrogens with zero attached hydrogens (tertiary/aromatic N) is 1. The minimum absolute atomic E-state index is 0.207. The normalized spacial score (nSPS) is 10.1. The highest BCUT2D eigenvalue weighted by Gasteiger charge is 2.08. The molecule has 0 aliphatic heterocycles. The SMILES string of the molecule is CCOc1cccc(Nc2ccc(C(=O)O)c(C)n2)c1. The van der Waals surface area contributed by atoms with Crippen LogP contribution in [0.2, 0.25) is 0 Å². The lowest BCUT2D eigenvalue weighted by Crippen LogP contribution is -2.03. The fourth-order valence-electron chi connectivity index (χ4n) is 1.83. The van der Waals surface area contributed by atoms with E-state index in [9.17, 15) is 4.79 Å². The molecule has 5 heteroatoms. The van der Waals surface area contributed by atoms with Gasteiger partial charge in [-0.1, -0.05) is 6.07 Å². The van der Waals surface area contributed by atoms with E-state index in [1.54, 1.807) is 19.1 Å². The molecule has 2 rings (SSSR count).